The lowest BCUT2D eigenvalue weighted by atomic mass is 10.0. The molecule has 1 amide bonds. The van der Waals surface area contributed by atoms with Crippen LogP contribution in [0.2, 0.25) is 0 Å². The molecule has 3 aromatic rings. The Morgan fingerprint density at radius 3 is 2.87 bits per heavy atom. The van der Waals surface area contributed by atoms with Gasteiger partial charge in [0.15, 0.2) is 0 Å². The minimum absolute atomic E-state index is 0.0701. The summed E-state index contributed by atoms with van der Waals surface area (Å²) in [5.74, 6) is 0.0701. The van der Waals surface area contributed by atoms with Crippen molar-refractivity contribution in [3.8, 4) is 0 Å². The molecule has 1 atom stereocenters. The lowest BCUT2D eigenvalue weighted by molar-refractivity contribution is -0.0325. The molecule has 162 valence electrons. The van der Waals surface area contributed by atoms with Gasteiger partial charge in [0.05, 0.1) is 25.9 Å². The van der Waals surface area contributed by atoms with Gasteiger partial charge in [-0.25, -0.2) is 4.98 Å². The first-order chi connectivity index (χ1) is 15.2. The van der Waals surface area contributed by atoms with Crippen LogP contribution in [0.15, 0.2) is 42.6 Å². The highest BCUT2D eigenvalue weighted by Crippen LogP contribution is 2.38. The van der Waals surface area contributed by atoms with Gasteiger partial charge >= 0.3 is 0 Å². The van der Waals surface area contributed by atoms with Crippen molar-refractivity contribution in [2.24, 2.45) is 0 Å². The molecule has 2 fully saturated rings. The third-order valence-electron chi connectivity index (χ3n) is 5.96. The number of hydrogen-bond donors (Lipinski definition) is 0. The number of aromatic nitrogens is 1. The fraction of sp³-hybridized carbons (Fsp3) is 0.417. The maximum Gasteiger partial charge on any atom is 0.264 e. The van der Waals surface area contributed by atoms with Gasteiger partial charge in [0, 0.05) is 49.9 Å². The number of rotatable bonds is 4. The third-order valence-corrected chi connectivity index (χ3v) is 7.08. The van der Waals surface area contributed by atoms with Gasteiger partial charge in [-0.2, -0.15) is 0 Å². The second kappa shape index (κ2) is 9.04. The Labute approximate surface area is 186 Å². The van der Waals surface area contributed by atoms with E-state index in [1.165, 1.54) is 22.5 Å². The molecule has 2 saturated heterocycles. The van der Waals surface area contributed by atoms with E-state index in [0.717, 1.165) is 40.3 Å². The number of carbonyl (C=O) groups is 1. The van der Waals surface area contributed by atoms with E-state index in [0.29, 0.717) is 32.9 Å². The zero-order valence-electron chi connectivity index (χ0n) is 17.8. The van der Waals surface area contributed by atoms with Crippen molar-refractivity contribution >= 4 is 27.5 Å². The van der Waals surface area contributed by atoms with Crippen LogP contribution in [-0.4, -0.2) is 66.7 Å². The zero-order chi connectivity index (χ0) is 21.2. The van der Waals surface area contributed by atoms with Crippen LogP contribution in [-0.2, 0) is 16.0 Å². The van der Waals surface area contributed by atoms with Gasteiger partial charge < -0.3 is 14.4 Å². The van der Waals surface area contributed by atoms with Crippen molar-refractivity contribution in [3.05, 3.63) is 64.2 Å². The van der Waals surface area contributed by atoms with Crippen LogP contribution in [0.3, 0.4) is 0 Å². The van der Waals surface area contributed by atoms with E-state index in [4.69, 9.17) is 9.47 Å². The van der Waals surface area contributed by atoms with Gasteiger partial charge in [-0.15, -0.1) is 11.3 Å². The first-order valence-electron chi connectivity index (χ1n) is 10.8. The molecule has 0 aliphatic carbocycles. The number of pyridine rings is 1. The molecule has 0 saturated carbocycles. The first kappa shape index (κ1) is 20.6. The Bertz CT molecular complexity index is 1080. The molecule has 31 heavy (non-hydrogen) atoms. The number of nitrogens with zero attached hydrogens (tertiary/aromatic N) is 3. The van der Waals surface area contributed by atoms with Crippen molar-refractivity contribution in [3.63, 3.8) is 0 Å². The van der Waals surface area contributed by atoms with Crippen LogP contribution in [0.4, 0.5) is 0 Å². The molecule has 1 aromatic carbocycles. The average Bonchev–Trinajstić information content (AvgIpc) is 3.19. The second-order valence-electron chi connectivity index (χ2n) is 8.19. The molecule has 6 nitrogen and oxygen atoms in total. The molecule has 0 spiro atoms. The van der Waals surface area contributed by atoms with E-state index in [2.05, 4.69) is 47.1 Å². The maximum absolute atomic E-state index is 13.4. The minimum Gasteiger partial charge on any atom is -0.378 e. The minimum atomic E-state index is -0.142. The zero-order valence-corrected chi connectivity index (χ0v) is 18.6. The molecule has 5 rings (SSSR count). The standard InChI is InChI=1S/C24H27N3O3S/c1-17-4-2-5-18(14-17)15-26-8-13-30-20(16-26)21-19-6-3-7-25-23(19)31-22(21)24(28)27-9-11-29-12-10-27/h2-7,14,20H,8-13,15-16H2,1H3/t20-/m1/s1. The number of ether oxygens (including phenoxy) is 2. The van der Waals surface area contributed by atoms with Crippen molar-refractivity contribution in [2.75, 3.05) is 46.0 Å². The number of fused-ring (bicyclic) bond motifs is 1. The Morgan fingerprint density at radius 2 is 2.03 bits per heavy atom. The van der Waals surface area contributed by atoms with E-state index in [9.17, 15) is 4.79 Å². The molecule has 2 aliphatic rings. The summed E-state index contributed by atoms with van der Waals surface area (Å²) in [5, 5.41) is 1.03. The van der Waals surface area contributed by atoms with Crippen molar-refractivity contribution in [1.29, 1.82) is 0 Å². The molecule has 2 aromatic heterocycles. The van der Waals surface area contributed by atoms with Crippen LogP contribution in [0, 0.1) is 6.92 Å². The molecule has 0 N–H and O–H groups in total. The van der Waals surface area contributed by atoms with Gasteiger partial charge in [0.1, 0.15) is 9.71 Å². The van der Waals surface area contributed by atoms with Crippen molar-refractivity contribution in [1.82, 2.24) is 14.8 Å². The van der Waals surface area contributed by atoms with Gasteiger partial charge in [0.2, 0.25) is 0 Å². The average molecular weight is 438 g/mol. The monoisotopic (exact) mass is 437 g/mol. The van der Waals surface area contributed by atoms with E-state index >= 15 is 0 Å². The largest absolute Gasteiger partial charge is 0.378 e. The van der Waals surface area contributed by atoms with Crippen LogP contribution in [0.5, 0.6) is 0 Å². The quantitative estimate of drug-likeness (QED) is 0.624. The second-order valence-corrected chi connectivity index (χ2v) is 9.19. The summed E-state index contributed by atoms with van der Waals surface area (Å²) in [6.45, 7) is 7.75. The smallest absolute Gasteiger partial charge is 0.264 e. The fourth-order valence-corrected chi connectivity index (χ4v) is 5.59. The van der Waals surface area contributed by atoms with Gasteiger partial charge in [-0.05, 0) is 18.6 Å². The third kappa shape index (κ3) is 4.36. The Balaban J connectivity index is 1.44. The van der Waals surface area contributed by atoms with Crippen LogP contribution in [0.25, 0.3) is 10.2 Å². The predicted octanol–water partition coefficient (Wildman–Crippen LogP) is 3.65. The number of morpholine rings is 2. The summed E-state index contributed by atoms with van der Waals surface area (Å²) in [6.07, 6.45) is 1.65. The van der Waals surface area contributed by atoms with Crippen molar-refractivity contribution in [2.45, 2.75) is 19.6 Å². The molecule has 0 bridgehead atoms. The molecular formula is C24H27N3O3S. The molecule has 2 aliphatic heterocycles. The summed E-state index contributed by atoms with van der Waals surface area (Å²) >= 11 is 1.48. The summed E-state index contributed by atoms with van der Waals surface area (Å²) in [4.78, 5) is 23.9. The van der Waals surface area contributed by atoms with Crippen LogP contribution < -0.4 is 0 Å². The predicted molar refractivity (Wildman–Crippen MR) is 121 cm³/mol. The van der Waals surface area contributed by atoms with E-state index in [-0.39, 0.29) is 12.0 Å². The SMILES string of the molecule is Cc1cccc(CN2CCO[C@@H](c3c(C(=O)N4CCOCC4)sc4ncccc34)C2)c1. The van der Waals surface area contributed by atoms with E-state index < -0.39 is 0 Å². The summed E-state index contributed by atoms with van der Waals surface area (Å²) in [7, 11) is 0. The fourth-order valence-electron chi connectivity index (χ4n) is 4.43. The first-order valence-corrected chi connectivity index (χ1v) is 11.6. The Kier molecular flexibility index (Phi) is 6.00. The number of hydrogen-bond acceptors (Lipinski definition) is 6. The topological polar surface area (TPSA) is 54.9 Å². The Hall–Kier alpha value is -2.32. The molecule has 0 radical (unpaired) electrons. The van der Waals surface area contributed by atoms with E-state index in [1.807, 2.05) is 11.0 Å². The number of benzene rings is 1. The number of thiophene rings is 1. The lowest BCUT2D eigenvalue weighted by Gasteiger charge is -2.34. The van der Waals surface area contributed by atoms with Gasteiger partial charge in [-0.3, -0.25) is 9.69 Å². The number of carbonyl (C=O) groups excluding carboxylic acids is 1. The lowest BCUT2D eigenvalue weighted by Crippen LogP contribution is -2.41. The van der Waals surface area contributed by atoms with Crippen LogP contribution in [0.1, 0.15) is 32.5 Å². The highest BCUT2D eigenvalue weighted by molar-refractivity contribution is 7.20. The normalized spacial score (nSPS) is 20.3. The Morgan fingerprint density at radius 1 is 1.16 bits per heavy atom. The van der Waals surface area contributed by atoms with E-state index in [1.54, 1.807) is 6.20 Å². The summed E-state index contributed by atoms with van der Waals surface area (Å²) in [6, 6.07) is 12.7. The number of amides is 1. The van der Waals surface area contributed by atoms with Gasteiger partial charge in [0.25, 0.3) is 5.91 Å². The van der Waals surface area contributed by atoms with Crippen LogP contribution >= 0.6 is 11.3 Å². The summed E-state index contributed by atoms with van der Waals surface area (Å²) in [5.41, 5.74) is 3.58. The van der Waals surface area contributed by atoms with Gasteiger partial charge in [-0.1, -0.05) is 35.9 Å². The summed E-state index contributed by atoms with van der Waals surface area (Å²) < 4.78 is 11.7. The highest BCUT2D eigenvalue weighted by Gasteiger charge is 2.32. The molecule has 7 heteroatoms. The molecular weight excluding hydrogens is 410 g/mol. The molecule has 0 unspecified atom stereocenters. The molecule has 4 heterocycles. The number of aryl methyl sites for hydroxylation is 1. The highest BCUT2D eigenvalue weighted by atomic mass is 32.1. The van der Waals surface area contributed by atoms with Crippen molar-refractivity contribution < 1.29 is 14.3 Å². The maximum atomic E-state index is 13.4.